The molecular weight excluding hydrogens is 142 g/mol. The third-order valence-electron chi connectivity index (χ3n) is 1.73. The number of fused-ring (bicyclic) bond motifs is 1. The number of phenolic OH excluding ortho intramolecular Hbond substituents is 1. The van der Waals surface area contributed by atoms with Crippen LogP contribution in [0.4, 0.5) is 0 Å². The number of hydrogen-bond acceptors (Lipinski definition) is 3. The normalized spacial score (nSPS) is 15.3. The molecule has 0 aromatic heterocycles. The van der Waals surface area contributed by atoms with Gasteiger partial charge in [-0.3, -0.25) is 0 Å². The third kappa shape index (κ3) is 1.14. The first-order valence-electron chi connectivity index (χ1n) is 3.58. The van der Waals surface area contributed by atoms with Gasteiger partial charge in [-0.25, -0.2) is 0 Å². The Morgan fingerprint density at radius 3 is 3.27 bits per heavy atom. The lowest BCUT2D eigenvalue weighted by atomic mass is 10.1. The van der Waals surface area contributed by atoms with Gasteiger partial charge in [-0.1, -0.05) is 6.07 Å². The Morgan fingerprint density at radius 1 is 1.45 bits per heavy atom. The molecule has 58 valence electrons. The first-order chi connectivity index (χ1) is 5.36. The Labute approximate surface area is 64.6 Å². The molecule has 0 atom stereocenters. The highest BCUT2D eigenvalue weighted by atomic mass is 16.6. The number of nitrogens with one attached hydrogen (secondary N) is 1. The van der Waals surface area contributed by atoms with Crippen LogP contribution in [-0.2, 0) is 6.42 Å². The second kappa shape index (κ2) is 2.43. The van der Waals surface area contributed by atoms with Crippen LogP contribution in [0.1, 0.15) is 5.56 Å². The summed E-state index contributed by atoms with van der Waals surface area (Å²) in [6.45, 7) is 0.831. The summed E-state index contributed by atoms with van der Waals surface area (Å²) in [5.41, 5.74) is 3.90. The molecule has 0 aliphatic carbocycles. The Hall–Kier alpha value is -1.22. The van der Waals surface area contributed by atoms with Crippen LogP contribution in [0, 0.1) is 0 Å². The smallest absolute Gasteiger partial charge is 0.154 e. The molecule has 0 fully saturated rings. The van der Waals surface area contributed by atoms with Gasteiger partial charge < -0.3 is 9.94 Å². The largest absolute Gasteiger partial charge is 0.508 e. The van der Waals surface area contributed by atoms with E-state index in [1.807, 2.05) is 6.07 Å². The number of hydrogen-bond donors (Lipinski definition) is 2. The van der Waals surface area contributed by atoms with E-state index in [9.17, 15) is 0 Å². The number of hydroxylamine groups is 1. The Bertz CT molecular complexity index is 273. The fourth-order valence-corrected chi connectivity index (χ4v) is 1.16. The summed E-state index contributed by atoms with van der Waals surface area (Å²) in [5.74, 6) is 0.976. The van der Waals surface area contributed by atoms with Gasteiger partial charge in [0.1, 0.15) is 5.75 Å². The molecule has 0 bridgehead atoms. The maximum atomic E-state index is 9.08. The molecule has 11 heavy (non-hydrogen) atoms. The molecule has 1 aromatic rings. The lowest BCUT2D eigenvalue weighted by Gasteiger charge is -2.16. The Morgan fingerprint density at radius 2 is 2.36 bits per heavy atom. The summed E-state index contributed by atoms with van der Waals surface area (Å²) in [6.07, 6.45) is 0.954. The standard InChI is InChI=1S/C8H9NO2/c10-7-2-1-6-3-4-9-11-8(6)5-7/h1-2,5,9-10H,3-4H2. The van der Waals surface area contributed by atoms with E-state index in [4.69, 9.17) is 9.94 Å². The summed E-state index contributed by atoms with van der Waals surface area (Å²) in [6, 6.07) is 5.17. The van der Waals surface area contributed by atoms with Crippen LogP contribution < -0.4 is 10.3 Å². The highest BCUT2D eigenvalue weighted by Gasteiger charge is 2.09. The van der Waals surface area contributed by atoms with Crippen LogP contribution in [0.2, 0.25) is 0 Å². The molecule has 2 rings (SSSR count). The zero-order valence-electron chi connectivity index (χ0n) is 6.00. The van der Waals surface area contributed by atoms with E-state index in [1.165, 1.54) is 0 Å². The van der Waals surface area contributed by atoms with Crippen molar-refractivity contribution in [3.8, 4) is 11.5 Å². The highest BCUT2D eigenvalue weighted by Crippen LogP contribution is 2.25. The average molecular weight is 151 g/mol. The van der Waals surface area contributed by atoms with Gasteiger partial charge in [0.05, 0.1) is 0 Å². The van der Waals surface area contributed by atoms with E-state index in [0.717, 1.165) is 24.3 Å². The van der Waals surface area contributed by atoms with Gasteiger partial charge in [-0.2, -0.15) is 5.48 Å². The number of benzene rings is 1. The molecule has 3 nitrogen and oxygen atoms in total. The first-order valence-corrected chi connectivity index (χ1v) is 3.58. The Balaban J connectivity index is 2.43. The van der Waals surface area contributed by atoms with Crippen LogP contribution in [0.3, 0.4) is 0 Å². The van der Waals surface area contributed by atoms with Crippen molar-refractivity contribution < 1.29 is 9.94 Å². The highest BCUT2D eigenvalue weighted by molar-refractivity contribution is 5.40. The van der Waals surface area contributed by atoms with Crippen LogP contribution in [0.25, 0.3) is 0 Å². The van der Waals surface area contributed by atoms with Crippen molar-refractivity contribution in [2.24, 2.45) is 0 Å². The molecule has 1 aliphatic heterocycles. The number of phenols is 1. The average Bonchev–Trinajstić information content (AvgIpc) is 2.04. The summed E-state index contributed by atoms with van der Waals surface area (Å²) in [7, 11) is 0. The SMILES string of the molecule is Oc1ccc2c(c1)ONCC2. The summed E-state index contributed by atoms with van der Waals surface area (Å²) >= 11 is 0. The van der Waals surface area contributed by atoms with Crippen LogP contribution in [0.5, 0.6) is 11.5 Å². The fourth-order valence-electron chi connectivity index (χ4n) is 1.16. The molecule has 0 saturated heterocycles. The van der Waals surface area contributed by atoms with Gasteiger partial charge in [0.2, 0.25) is 0 Å². The minimum atomic E-state index is 0.243. The fraction of sp³-hybridized carbons (Fsp3) is 0.250. The summed E-state index contributed by atoms with van der Waals surface area (Å²) in [5, 5.41) is 9.08. The predicted molar refractivity (Wildman–Crippen MR) is 40.4 cm³/mol. The maximum absolute atomic E-state index is 9.08. The second-order valence-corrected chi connectivity index (χ2v) is 2.54. The van der Waals surface area contributed by atoms with Crippen LogP contribution in [-0.4, -0.2) is 11.7 Å². The van der Waals surface area contributed by atoms with E-state index in [-0.39, 0.29) is 5.75 Å². The first kappa shape index (κ1) is 6.49. The molecule has 0 amide bonds. The second-order valence-electron chi connectivity index (χ2n) is 2.54. The third-order valence-corrected chi connectivity index (χ3v) is 1.73. The summed E-state index contributed by atoms with van der Waals surface area (Å²) < 4.78 is 0. The predicted octanol–water partition coefficient (Wildman–Crippen LogP) is 0.832. The van der Waals surface area contributed by atoms with Gasteiger partial charge in [0.25, 0.3) is 0 Å². The minimum absolute atomic E-state index is 0.243. The maximum Gasteiger partial charge on any atom is 0.154 e. The molecule has 0 spiro atoms. The van der Waals surface area contributed by atoms with Crippen molar-refractivity contribution in [1.82, 2.24) is 5.48 Å². The van der Waals surface area contributed by atoms with E-state index < -0.39 is 0 Å². The molecule has 1 aromatic carbocycles. The number of rotatable bonds is 0. The Kier molecular flexibility index (Phi) is 1.43. The van der Waals surface area contributed by atoms with E-state index in [0.29, 0.717) is 0 Å². The van der Waals surface area contributed by atoms with Crippen molar-refractivity contribution in [3.63, 3.8) is 0 Å². The zero-order chi connectivity index (χ0) is 7.68. The zero-order valence-corrected chi connectivity index (χ0v) is 6.00. The van der Waals surface area contributed by atoms with Gasteiger partial charge in [-0.15, -0.1) is 0 Å². The molecule has 2 N–H and O–H groups in total. The van der Waals surface area contributed by atoms with Crippen molar-refractivity contribution in [2.75, 3.05) is 6.54 Å². The van der Waals surface area contributed by atoms with Gasteiger partial charge in [-0.05, 0) is 18.1 Å². The van der Waals surface area contributed by atoms with Gasteiger partial charge in [0, 0.05) is 12.6 Å². The van der Waals surface area contributed by atoms with Crippen molar-refractivity contribution >= 4 is 0 Å². The molecule has 0 saturated carbocycles. The topological polar surface area (TPSA) is 41.5 Å². The van der Waals surface area contributed by atoms with Crippen molar-refractivity contribution in [1.29, 1.82) is 0 Å². The lowest BCUT2D eigenvalue weighted by molar-refractivity contribution is 0.179. The molecule has 3 heteroatoms. The quantitative estimate of drug-likeness (QED) is 0.577. The van der Waals surface area contributed by atoms with Crippen LogP contribution >= 0.6 is 0 Å². The lowest BCUT2D eigenvalue weighted by Crippen LogP contribution is -2.26. The monoisotopic (exact) mass is 151 g/mol. The van der Waals surface area contributed by atoms with Crippen molar-refractivity contribution in [3.05, 3.63) is 23.8 Å². The van der Waals surface area contributed by atoms with Gasteiger partial charge in [0.15, 0.2) is 5.75 Å². The van der Waals surface area contributed by atoms with E-state index >= 15 is 0 Å². The molecular formula is C8H9NO2. The van der Waals surface area contributed by atoms with Gasteiger partial charge >= 0.3 is 0 Å². The van der Waals surface area contributed by atoms with Crippen molar-refractivity contribution in [2.45, 2.75) is 6.42 Å². The molecule has 1 heterocycles. The van der Waals surface area contributed by atoms with E-state index in [1.54, 1.807) is 12.1 Å². The molecule has 0 radical (unpaired) electrons. The van der Waals surface area contributed by atoms with Crippen LogP contribution in [0.15, 0.2) is 18.2 Å². The molecule has 1 aliphatic rings. The minimum Gasteiger partial charge on any atom is -0.508 e. The summed E-state index contributed by atoms with van der Waals surface area (Å²) in [4.78, 5) is 5.09. The van der Waals surface area contributed by atoms with E-state index in [2.05, 4.69) is 5.48 Å². The molecule has 0 unspecified atom stereocenters. The number of aromatic hydroxyl groups is 1.